The molecule has 0 radical (unpaired) electrons. The normalized spacial score (nSPS) is 22.8. The molecule has 150 valence electrons. The fourth-order valence-electron chi connectivity index (χ4n) is 3.21. The average Bonchev–Trinajstić information content (AvgIpc) is 2.63. The van der Waals surface area contributed by atoms with Crippen LogP contribution in [0.15, 0.2) is 36.5 Å². The minimum atomic E-state index is -0.778. The highest BCUT2D eigenvalue weighted by Crippen LogP contribution is 2.24. The van der Waals surface area contributed by atoms with Crippen molar-refractivity contribution in [3.63, 3.8) is 0 Å². The third kappa shape index (κ3) is 4.36. The Balaban J connectivity index is 1.70. The van der Waals surface area contributed by atoms with E-state index in [2.05, 4.69) is 10.3 Å². The number of aromatic nitrogens is 1. The van der Waals surface area contributed by atoms with Crippen molar-refractivity contribution in [2.75, 3.05) is 6.54 Å². The number of fused-ring (bicyclic) bond motifs is 1. The highest BCUT2D eigenvalue weighted by Gasteiger charge is 2.39. The van der Waals surface area contributed by atoms with Crippen LogP contribution in [0.25, 0.3) is 10.9 Å². The molecule has 8 heteroatoms. The van der Waals surface area contributed by atoms with Gasteiger partial charge in [0.1, 0.15) is 11.1 Å². The number of carbonyl (C=O) groups excluding carboxylic acids is 2. The molecule has 0 saturated carbocycles. The molecule has 3 unspecified atom stereocenters. The number of para-hydroxylation sites is 1. The number of nitrogens with two attached hydrogens (primary N) is 1. The number of piperidine rings is 1. The molecule has 3 rings (SSSR count). The Morgan fingerprint density at radius 2 is 2.00 bits per heavy atom. The Labute approximate surface area is 169 Å². The van der Waals surface area contributed by atoms with E-state index in [4.69, 9.17) is 22.1 Å². The van der Waals surface area contributed by atoms with E-state index in [-0.39, 0.29) is 11.9 Å². The summed E-state index contributed by atoms with van der Waals surface area (Å²) in [5, 5.41) is 3.83. The molecule has 2 aromatic rings. The number of amides is 2. The average molecular weight is 405 g/mol. The summed E-state index contributed by atoms with van der Waals surface area (Å²) < 4.78 is 5.38. The van der Waals surface area contributed by atoms with E-state index in [1.54, 1.807) is 33.0 Å². The molecule has 1 aromatic heterocycles. The first-order chi connectivity index (χ1) is 13.2. The summed E-state index contributed by atoms with van der Waals surface area (Å²) in [6.45, 7) is 5.72. The van der Waals surface area contributed by atoms with Crippen molar-refractivity contribution in [3.8, 4) is 0 Å². The summed E-state index contributed by atoms with van der Waals surface area (Å²) in [5.41, 5.74) is 5.95. The van der Waals surface area contributed by atoms with E-state index in [9.17, 15) is 9.59 Å². The second-order valence-corrected chi connectivity index (χ2v) is 8.32. The second-order valence-electron chi connectivity index (χ2n) is 7.87. The predicted molar refractivity (Wildman–Crippen MR) is 108 cm³/mol. The Morgan fingerprint density at radius 3 is 2.71 bits per heavy atom. The maximum Gasteiger partial charge on any atom is 0.411 e. The second kappa shape index (κ2) is 7.93. The smallest absolute Gasteiger partial charge is 0.411 e. The Hall–Kier alpha value is -2.38. The number of nitrogens with one attached hydrogen (secondary N) is 1. The number of alkyl halides is 1. The van der Waals surface area contributed by atoms with Crippen LogP contribution in [0.4, 0.5) is 4.79 Å². The van der Waals surface area contributed by atoms with Gasteiger partial charge in [-0.15, -0.1) is 0 Å². The third-order valence-corrected chi connectivity index (χ3v) is 5.11. The van der Waals surface area contributed by atoms with Gasteiger partial charge < -0.3 is 15.8 Å². The Kier molecular flexibility index (Phi) is 5.76. The van der Waals surface area contributed by atoms with Crippen molar-refractivity contribution in [1.82, 2.24) is 15.2 Å². The molecule has 0 spiro atoms. The predicted octanol–water partition coefficient (Wildman–Crippen LogP) is 2.87. The molecule has 1 aromatic carbocycles. The molecule has 3 N–H and O–H groups in total. The van der Waals surface area contributed by atoms with E-state index < -0.39 is 23.2 Å². The molecule has 0 bridgehead atoms. The van der Waals surface area contributed by atoms with Gasteiger partial charge in [0.2, 0.25) is 0 Å². The molecule has 1 aliphatic heterocycles. The number of nitrogens with zero attached hydrogens (tertiary/aromatic N) is 2. The van der Waals surface area contributed by atoms with Crippen LogP contribution in [0.2, 0.25) is 0 Å². The van der Waals surface area contributed by atoms with Gasteiger partial charge in [-0.2, -0.15) is 0 Å². The van der Waals surface area contributed by atoms with Gasteiger partial charge in [-0.3, -0.25) is 14.7 Å². The first-order valence-electron chi connectivity index (χ1n) is 9.21. The van der Waals surface area contributed by atoms with Gasteiger partial charge in [0, 0.05) is 24.2 Å². The lowest BCUT2D eigenvalue weighted by Gasteiger charge is -2.41. The fraction of sp³-hybridized carbons (Fsp3) is 0.450. The number of rotatable bonds is 2. The highest BCUT2D eigenvalue weighted by molar-refractivity contribution is 6.21. The first-order valence-corrected chi connectivity index (χ1v) is 9.65. The summed E-state index contributed by atoms with van der Waals surface area (Å²) in [6, 6.07) is 8.17. The van der Waals surface area contributed by atoms with E-state index in [1.165, 1.54) is 4.90 Å². The Bertz CT molecular complexity index is 878. The van der Waals surface area contributed by atoms with Crippen LogP contribution < -0.4 is 11.1 Å². The quantitative estimate of drug-likeness (QED) is 0.592. The zero-order valence-corrected chi connectivity index (χ0v) is 16.9. The highest BCUT2D eigenvalue weighted by atomic mass is 35.5. The summed E-state index contributed by atoms with van der Waals surface area (Å²) in [4.78, 5) is 30.9. The van der Waals surface area contributed by atoms with Crippen molar-refractivity contribution in [2.24, 2.45) is 5.73 Å². The summed E-state index contributed by atoms with van der Waals surface area (Å²) in [7, 11) is 0. The van der Waals surface area contributed by atoms with Gasteiger partial charge in [0.05, 0.1) is 17.1 Å². The van der Waals surface area contributed by atoms with Gasteiger partial charge in [0.15, 0.2) is 0 Å². The molecular weight excluding hydrogens is 380 g/mol. The van der Waals surface area contributed by atoms with Crippen molar-refractivity contribution < 1.29 is 14.3 Å². The van der Waals surface area contributed by atoms with Crippen LogP contribution in [0.1, 0.15) is 37.6 Å². The number of hydrogen-bond acceptors (Lipinski definition) is 5. The number of benzene rings is 1. The van der Waals surface area contributed by atoms with Crippen LogP contribution in [0.3, 0.4) is 0 Å². The van der Waals surface area contributed by atoms with Gasteiger partial charge in [0.25, 0.3) is 5.91 Å². The van der Waals surface area contributed by atoms with Crippen molar-refractivity contribution >= 4 is 34.5 Å². The van der Waals surface area contributed by atoms with Crippen LogP contribution in [0, 0.1) is 0 Å². The number of hydrogen-bond donors (Lipinski definition) is 2. The molecule has 0 aliphatic carbocycles. The van der Waals surface area contributed by atoms with E-state index in [0.29, 0.717) is 24.0 Å². The van der Waals surface area contributed by atoms with Crippen molar-refractivity contribution in [2.45, 2.75) is 50.4 Å². The largest absolute Gasteiger partial charge is 0.444 e. The van der Waals surface area contributed by atoms with Gasteiger partial charge in [-0.1, -0.05) is 29.8 Å². The zero-order chi connectivity index (χ0) is 20.5. The summed E-state index contributed by atoms with van der Waals surface area (Å²) >= 11 is 6.41. The van der Waals surface area contributed by atoms with Gasteiger partial charge in [-0.05, 0) is 39.3 Å². The monoisotopic (exact) mass is 404 g/mol. The van der Waals surface area contributed by atoms with Crippen LogP contribution in [0.5, 0.6) is 0 Å². The SMILES string of the molecule is CC(C)(C)OC(=O)N1CCC(NC(=O)c2cccc3cccnc23)C(N)C1Cl. The van der Waals surface area contributed by atoms with Gasteiger partial charge >= 0.3 is 6.09 Å². The molecule has 2 heterocycles. The van der Waals surface area contributed by atoms with E-state index >= 15 is 0 Å². The molecule has 7 nitrogen and oxygen atoms in total. The number of carbonyl (C=O) groups is 2. The van der Waals surface area contributed by atoms with Crippen LogP contribution in [-0.2, 0) is 4.74 Å². The molecule has 3 atom stereocenters. The van der Waals surface area contributed by atoms with Crippen LogP contribution >= 0.6 is 11.6 Å². The fourth-order valence-corrected chi connectivity index (χ4v) is 3.56. The standard InChI is InChI=1S/C20H25ClN4O3/c1-20(2,3)28-19(27)25-11-9-14(15(22)17(25)21)24-18(26)13-8-4-6-12-7-5-10-23-16(12)13/h4-8,10,14-15,17H,9,11,22H2,1-3H3,(H,24,26). The molecule has 28 heavy (non-hydrogen) atoms. The van der Waals surface area contributed by atoms with Crippen molar-refractivity contribution in [1.29, 1.82) is 0 Å². The maximum absolute atomic E-state index is 12.8. The van der Waals surface area contributed by atoms with E-state index in [1.807, 2.05) is 24.3 Å². The minimum Gasteiger partial charge on any atom is -0.444 e. The third-order valence-electron chi connectivity index (χ3n) is 4.58. The lowest BCUT2D eigenvalue weighted by atomic mass is 9.99. The summed E-state index contributed by atoms with van der Waals surface area (Å²) in [6.07, 6.45) is 1.62. The van der Waals surface area contributed by atoms with Crippen molar-refractivity contribution in [3.05, 3.63) is 42.1 Å². The number of halogens is 1. The number of ether oxygens (including phenoxy) is 1. The molecule has 1 aliphatic rings. The topological polar surface area (TPSA) is 97.5 Å². The molecule has 2 amide bonds. The lowest BCUT2D eigenvalue weighted by molar-refractivity contribution is 0.0135. The minimum absolute atomic E-state index is 0.265. The van der Waals surface area contributed by atoms with Gasteiger partial charge in [-0.25, -0.2) is 4.79 Å². The van der Waals surface area contributed by atoms with Crippen LogP contribution in [-0.4, -0.2) is 51.6 Å². The molecular formula is C20H25ClN4O3. The van der Waals surface area contributed by atoms with E-state index in [0.717, 1.165) is 5.39 Å². The maximum atomic E-state index is 12.8. The number of pyridine rings is 1. The molecule has 1 fully saturated rings. The lowest BCUT2D eigenvalue weighted by Crippen LogP contribution is -2.62. The Morgan fingerprint density at radius 1 is 1.29 bits per heavy atom. The summed E-state index contributed by atoms with van der Waals surface area (Å²) in [5.74, 6) is -0.265. The first kappa shape index (κ1) is 20.4. The number of likely N-dealkylation sites (tertiary alicyclic amines) is 1. The molecule has 1 saturated heterocycles. The zero-order valence-electron chi connectivity index (χ0n) is 16.2.